The van der Waals surface area contributed by atoms with Crippen molar-refractivity contribution in [2.75, 3.05) is 13.1 Å². The van der Waals surface area contributed by atoms with Gasteiger partial charge in [-0.3, -0.25) is 4.99 Å². The van der Waals surface area contributed by atoms with Crippen molar-refractivity contribution in [3.63, 3.8) is 0 Å². The Kier molecular flexibility index (Phi) is 6.91. The zero-order valence-corrected chi connectivity index (χ0v) is 15.7. The molecule has 25 heavy (non-hydrogen) atoms. The molecule has 0 bridgehead atoms. The van der Waals surface area contributed by atoms with E-state index in [1.165, 1.54) is 32.1 Å². The van der Waals surface area contributed by atoms with E-state index in [2.05, 4.69) is 22.5 Å². The van der Waals surface area contributed by atoms with Crippen molar-refractivity contribution in [3.8, 4) is 0 Å². The van der Waals surface area contributed by atoms with Crippen molar-refractivity contribution in [1.29, 1.82) is 0 Å². The Hall–Kier alpha value is -1.82. The molecule has 0 aromatic carbocycles. The zero-order chi connectivity index (χ0) is 17.3. The van der Waals surface area contributed by atoms with Gasteiger partial charge in [0.2, 0.25) is 0 Å². The maximum absolute atomic E-state index is 5.41. The molecule has 2 aromatic rings. The molecule has 5 nitrogen and oxygen atoms in total. The molecule has 2 heterocycles. The highest BCUT2D eigenvalue weighted by Crippen LogP contribution is 2.19. The predicted molar refractivity (Wildman–Crippen MR) is 103 cm³/mol. The molecular weight excluding hydrogens is 332 g/mol. The molecule has 0 spiro atoms. The van der Waals surface area contributed by atoms with Crippen LogP contribution < -0.4 is 10.6 Å². The van der Waals surface area contributed by atoms with Gasteiger partial charge in [-0.25, -0.2) is 4.98 Å². The van der Waals surface area contributed by atoms with Crippen molar-refractivity contribution in [3.05, 3.63) is 40.7 Å². The fraction of sp³-hybridized carbons (Fsp3) is 0.579. The van der Waals surface area contributed by atoms with Gasteiger partial charge >= 0.3 is 0 Å². The molecule has 2 aromatic heterocycles. The maximum atomic E-state index is 5.41. The fourth-order valence-electron chi connectivity index (χ4n) is 3.14. The molecule has 1 aliphatic carbocycles. The monoisotopic (exact) mass is 360 g/mol. The van der Waals surface area contributed by atoms with Gasteiger partial charge in [-0.2, -0.15) is 0 Å². The average Bonchev–Trinajstić information content (AvgIpc) is 3.34. The van der Waals surface area contributed by atoms with E-state index in [9.17, 15) is 0 Å². The lowest BCUT2D eigenvalue weighted by Gasteiger charge is -2.25. The van der Waals surface area contributed by atoms with Crippen LogP contribution in [0.2, 0.25) is 0 Å². The van der Waals surface area contributed by atoms with E-state index in [1.807, 2.05) is 23.7 Å². The summed E-state index contributed by atoms with van der Waals surface area (Å²) in [5.74, 6) is 2.26. The van der Waals surface area contributed by atoms with Crippen molar-refractivity contribution >= 4 is 17.3 Å². The van der Waals surface area contributed by atoms with Crippen molar-refractivity contribution in [2.45, 2.75) is 57.4 Å². The van der Waals surface area contributed by atoms with Gasteiger partial charge in [0.05, 0.1) is 17.8 Å². The summed E-state index contributed by atoms with van der Waals surface area (Å²) in [6, 6.07) is 4.48. The number of aliphatic imine (C=N–C) groups is 1. The Morgan fingerprint density at radius 1 is 1.40 bits per heavy atom. The van der Waals surface area contributed by atoms with Crippen molar-refractivity contribution in [2.24, 2.45) is 4.99 Å². The normalized spacial score (nSPS) is 17.4. The van der Waals surface area contributed by atoms with Crippen LogP contribution in [-0.2, 0) is 6.42 Å². The van der Waals surface area contributed by atoms with Crippen molar-refractivity contribution < 1.29 is 4.42 Å². The molecular formula is C19H28N4OS. The van der Waals surface area contributed by atoms with E-state index in [0.717, 1.165) is 36.2 Å². The van der Waals surface area contributed by atoms with Gasteiger partial charge in [0.25, 0.3) is 0 Å². The van der Waals surface area contributed by atoms with E-state index in [0.29, 0.717) is 12.0 Å². The summed E-state index contributed by atoms with van der Waals surface area (Å²) in [7, 11) is 0. The SMILES string of the molecule is CC(CN=C(NCCc1ccco1)NC1CCCCC1)c1nccs1. The van der Waals surface area contributed by atoms with E-state index in [-0.39, 0.29) is 0 Å². The van der Waals surface area contributed by atoms with Crippen LogP contribution in [0.15, 0.2) is 39.4 Å². The first-order valence-corrected chi connectivity index (χ1v) is 10.2. The second-order valence-corrected chi connectivity index (χ2v) is 7.62. The fourth-order valence-corrected chi connectivity index (χ4v) is 3.83. The van der Waals surface area contributed by atoms with Crippen LogP contribution in [0.3, 0.4) is 0 Å². The summed E-state index contributed by atoms with van der Waals surface area (Å²) in [4.78, 5) is 9.22. The number of furan rings is 1. The first kappa shape index (κ1) is 18.0. The number of aromatic nitrogens is 1. The molecule has 1 atom stereocenters. The molecule has 6 heteroatoms. The van der Waals surface area contributed by atoms with Crippen LogP contribution in [0.1, 0.15) is 55.7 Å². The number of nitrogens with zero attached hydrogens (tertiary/aromatic N) is 2. The molecule has 2 N–H and O–H groups in total. The average molecular weight is 361 g/mol. The van der Waals surface area contributed by atoms with Crippen LogP contribution in [-0.4, -0.2) is 30.1 Å². The minimum Gasteiger partial charge on any atom is -0.469 e. The molecule has 0 aliphatic heterocycles. The third-order valence-electron chi connectivity index (χ3n) is 4.59. The van der Waals surface area contributed by atoms with Gasteiger partial charge < -0.3 is 15.1 Å². The summed E-state index contributed by atoms with van der Waals surface area (Å²) >= 11 is 1.70. The van der Waals surface area contributed by atoms with Gasteiger partial charge in [0, 0.05) is 36.5 Å². The molecule has 0 amide bonds. The maximum Gasteiger partial charge on any atom is 0.191 e. The second kappa shape index (κ2) is 9.61. The highest BCUT2D eigenvalue weighted by atomic mass is 32.1. The summed E-state index contributed by atoms with van der Waals surface area (Å²) in [5, 5.41) is 10.3. The lowest BCUT2D eigenvalue weighted by molar-refractivity contribution is 0.409. The number of hydrogen-bond acceptors (Lipinski definition) is 4. The minimum atomic E-state index is 0.343. The first-order valence-electron chi connectivity index (χ1n) is 9.28. The highest BCUT2D eigenvalue weighted by molar-refractivity contribution is 7.09. The summed E-state index contributed by atoms with van der Waals surface area (Å²) in [5.41, 5.74) is 0. The van der Waals surface area contributed by atoms with E-state index >= 15 is 0 Å². The third kappa shape index (κ3) is 5.88. The smallest absolute Gasteiger partial charge is 0.191 e. The van der Waals surface area contributed by atoms with Crippen LogP contribution in [0.4, 0.5) is 0 Å². The number of thiazole rings is 1. The van der Waals surface area contributed by atoms with E-state index in [4.69, 9.17) is 9.41 Å². The zero-order valence-electron chi connectivity index (χ0n) is 14.9. The molecule has 1 unspecified atom stereocenters. The molecule has 1 saturated carbocycles. The van der Waals surface area contributed by atoms with Crippen LogP contribution in [0.5, 0.6) is 0 Å². The highest BCUT2D eigenvalue weighted by Gasteiger charge is 2.15. The lowest BCUT2D eigenvalue weighted by Crippen LogP contribution is -2.45. The minimum absolute atomic E-state index is 0.343. The van der Waals surface area contributed by atoms with E-state index < -0.39 is 0 Å². The Morgan fingerprint density at radius 3 is 3.00 bits per heavy atom. The Labute approximate surface area is 154 Å². The molecule has 0 saturated heterocycles. The van der Waals surface area contributed by atoms with Gasteiger partial charge in [-0.1, -0.05) is 26.2 Å². The molecule has 1 aliphatic rings. The molecule has 0 radical (unpaired) electrons. The van der Waals surface area contributed by atoms with Gasteiger partial charge in [0.1, 0.15) is 5.76 Å². The van der Waals surface area contributed by atoms with Gasteiger partial charge in [0.15, 0.2) is 5.96 Å². The van der Waals surface area contributed by atoms with Gasteiger partial charge in [-0.15, -0.1) is 11.3 Å². The van der Waals surface area contributed by atoms with Gasteiger partial charge in [-0.05, 0) is 25.0 Å². The third-order valence-corrected chi connectivity index (χ3v) is 5.59. The van der Waals surface area contributed by atoms with Crippen molar-refractivity contribution in [1.82, 2.24) is 15.6 Å². The second-order valence-electron chi connectivity index (χ2n) is 6.70. The van der Waals surface area contributed by atoms with E-state index in [1.54, 1.807) is 17.6 Å². The number of nitrogens with one attached hydrogen (secondary N) is 2. The summed E-state index contributed by atoms with van der Waals surface area (Å²) in [6.07, 6.45) is 10.9. The van der Waals surface area contributed by atoms with Crippen LogP contribution >= 0.6 is 11.3 Å². The largest absolute Gasteiger partial charge is 0.469 e. The molecule has 136 valence electrons. The predicted octanol–water partition coefficient (Wildman–Crippen LogP) is 3.95. The van der Waals surface area contributed by atoms with Crippen LogP contribution in [0.25, 0.3) is 0 Å². The first-order chi connectivity index (χ1) is 12.3. The Morgan fingerprint density at radius 2 is 2.28 bits per heavy atom. The molecule has 1 fully saturated rings. The lowest BCUT2D eigenvalue weighted by atomic mass is 9.96. The summed E-state index contributed by atoms with van der Waals surface area (Å²) in [6.45, 7) is 3.75. The summed E-state index contributed by atoms with van der Waals surface area (Å²) < 4.78 is 5.41. The number of guanidine groups is 1. The van der Waals surface area contributed by atoms with Crippen LogP contribution in [0, 0.1) is 0 Å². The quantitative estimate of drug-likeness (QED) is 0.580. The standard InChI is InChI=1S/C19H28N4OS/c1-15(18-20-11-13-25-18)14-22-19(23-16-6-3-2-4-7-16)21-10-9-17-8-5-12-24-17/h5,8,11-13,15-16H,2-4,6-7,9-10,14H2,1H3,(H2,21,22,23). The Balaban J connectivity index is 1.55. The number of hydrogen-bond donors (Lipinski definition) is 2. The Bertz CT molecular complexity index is 618. The number of rotatable bonds is 7. The molecule has 3 rings (SSSR count). The topological polar surface area (TPSA) is 62.5 Å².